The summed E-state index contributed by atoms with van der Waals surface area (Å²) in [4.78, 5) is 0. The van der Waals surface area contributed by atoms with Gasteiger partial charge >= 0.3 is 0 Å². The molecule has 0 bridgehead atoms. The average molecular weight is 255 g/mol. The minimum Gasteiger partial charge on any atom is -0.494 e. The predicted molar refractivity (Wildman–Crippen MR) is 64.2 cm³/mol. The van der Waals surface area contributed by atoms with E-state index < -0.39 is 0 Å². The molecule has 0 atom stereocenters. The van der Waals surface area contributed by atoms with E-state index in [1.807, 2.05) is 18.2 Å². The Morgan fingerprint density at radius 2 is 2.00 bits per heavy atom. The van der Waals surface area contributed by atoms with Gasteiger partial charge in [-0.2, -0.15) is 0 Å². The van der Waals surface area contributed by atoms with Crippen molar-refractivity contribution in [3.05, 3.63) is 42.5 Å². The third-order valence-corrected chi connectivity index (χ3v) is 2.41. The van der Waals surface area contributed by atoms with Crippen LogP contribution in [-0.4, -0.2) is 11.9 Å². The summed E-state index contributed by atoms with van der Waals surface area (Å²) in [7, 11) is 0. The minimum absolute atomic E-state index is 0.770. The Kier molecular flexibility index (Phi) is 5.38. The number of rotatable bonds is 6. The van der Waals surface area contributed by atoms with Gasteiger partial charge in [0.05, 0.1) is 6.61 Å². The van der Waals surface area contributed by atoms with Crippen molar-refractivity contribution in [2.24, 2.45) is 0 Å². The van der Waals surface area contributed by atoms with Crippen LogP contribution in [0.3, 0.4) is 0 Å². The summed E-state index contributed by atoms with van der Waals surface area (Å²) in [5.74, 6) is 0.943. The lowest BCUT2D eigenvalue weighted by Crippen LogP contribution is -1.97. The molecule has 0 radical (unpaired) electrons. The fourth-order valence-electron chi connectivity index (χ4n) is 1.13. The van der Waals surface area contributed by atoms with Crippen LogP contribution >= 0.6 is 15.9 Å². The Labute approximate surface area is 93.9 Å². The van der Waals surface area contributed by atoms with Crippen LogP contribution in [0.5, 0.6) is 5.75 Å². The molecule has 0 N–H and O–H groups in total. The van der Waals surface area contributed by atoms with Crippen molar-refractivity contribution in [1.29, 1.82) is 0 Å². The van der Waals surface area contributed by atoms with Crippen molar-refractivity contribution in [2.45, 2.75) is 12.8 Å². The van der Waals surface area contributed by atoms with E-state index in [0.717, 1.165) is 30.5 Å². The molecule has 0 saturated heterocycles. The molecule has 0 aromatic heterocycles. The van der Waals surface area contributed by atoms with Crippen molar-refractivity contribution < 1.29 is 4.74 Å². The third kappa shape index (κ3) is 3.97. The van der Waals surface area contributed by atoms with Gasteiger partial charge in [-0.25, -0.2) is 0 Å². The Morgan fingerprint density at radius 3 is 2.57 bits per heavy atom. The number of benzene rings is 1. The van der Waals surface area contributed by atoms with Crippen molar-refractivity contribution in [1.82, 2.24) is 0 Å². The summed E-state index contributed by atoms with van der Waals surface area (Å²) in [5.41, 5.74) is 1.27. The number of alkyl halides is 1. The molecule has 14 heavy (non-hydrogen) atoms. The standard InChI is InChI=1S/C12H15BrO/c1-2-4-11-5-7-12(8-6-11)14-10-3-9-13/h2,5-8H,1,3-4,9-10H2. The van der Waals surface area contributed by atoms with Gasteiger partial charge in [0.2, 0.25) is 0 Å². The molecule has 2 heteroatoms. The van der Waals surface area contributed by atoms with Gasteiger partial charge in [-0.15, -0.1) is 6.58 Å². The molecule has 0 amide bonds. The fourth-order valence-corrected chi connectivity index (χ4v) is 1.36. The molecule has 0 fully saturated rings. The summed E-state index contributed by atoms with van der Waals surface area (Å²) in [5, 5.41) is 0.988. The zero-order valence-electron chi connectivity index (χ0n) is 8.21. The molecule has 1 rings (SSSR count). The molecule has 76 valence electrons. The van der Waals surface area contributed by atoms with Gasteiger partial charge in [-0.3, -0.25) is 0 Å². The number of halogens is 1. The van der Waals surface area contributed by atoms with Gasteiger partial charge < -0.3 is 4.74 Å². The largest absolute Gasteiger partial charge is 0.494 e. The quantitative estimate of drug-likeness (QED) is 0.429. The smallest absolute Gasteiger partial charge is 0.119 e. The van der Waals surface area contributed by atoms with Crippen molar-refractivity contribution in [3.63, 3.8) is 0 Å². The van der Waals surface area contributed by atoms with Crippen LogP contribution in [0.2, 0.25) is 0 Å². The highest BCUT2D eigenvalue weighted by Crippen LogP contribution is 2.13. The van der Waals surface area contributed by atoms with Crippen LogP contribution in [0.15, 0.2) is 36.9 Å². The summed E-state index contributed by atoms with van der Waals surface area (Å²) in [6.45, 7) is 4.47. The van der Waals surface area contributed by atoms with Crippen molar-refractivity contribution >= 4 is 15.9 Å². The first kappa shape index (κ1) is 11.3. The van der Waals surface area contributed by atoms with Crippen molar-refractivity contribution in [3.8, 4) is 5.75 Å². The van der Waals surface area contributed by atoms with Gasteiger partial charge in [0.25, 0.3) is 0 Å². The lowest BCUT2D eigenvalue weighted by molar-refractivity contribution is 0.319. The van der Waals surface area contributed by atoms with Crippen LogP contribution < -0.4 is 4.74 Å². The van der Waals surface area contributed by atoms with E-state index in [1.165, 1.54) is 5.56 Å². The third-order valence-electron chi connectivity index (χ3n) is 1.85. The van der Waals surface area contributed by atoms with Crippen LogP contribution in [-0.2, 0) is 6.42 Å². The van der Waals surface area contributed by atoms with Crippen molar-refractivity contribution in [2.75, 3.05) is 11.9 Å². The average Bonchev–Trinajstić information content (AvgIpc) is 2.21. The van der Waals surface area contributed by atoms with E-state index in [1.54, 1.807) is 0 Å². The highest BCUT2D eigenvalue weighted by molar-refractivity contribution is 9.09. The first-order valence-electron chi connectivity index (χ1n) is 4.75. The zero-order valence-corrected chi connectivity index (χ0v) is 9.79. The maximum absolute atomic E-state index is 5.52. The maximum Gasteiger partial charge on any atom is 0.119 e. The Morgan fingerprint density at radius 1 is 1.29 bits per heavy atom. The van der Waals surface area contributed by atoms with E-state index in [4.69, 9.17) is 4.74 Å². The Balaban J connectivity index is 2.42. The molecule has 0 aliphatic carbocycles. The summed E-state index contributed by atoms with van der Waals surface area (Å²) < 4.78 is 5.52. The molecule has 0 saturated carbocycles. The second kappa shape index (κ2) is 6.66. The van der Waals surface area contributed by atoms with Crippen LogP contribution in [0.4, 0.5) is 0 Å². The Hall–Kier alpha value is -0.760. The normalized spacial score (nSPS) is 9.79. The molecular formula is C12H15BrO. The summed E-state index contributed by atoms with van der Waals surface area (Å²) in [6, 6.07) is 8.16. The molecule has 0 heterocycles. The van der Waals surface area contributed by atoms with E-state index in [-0.39, 0.29) is 0 Å². The molecule has 0 aliphatic heterocycles. The van der Waals surface area contributed by atoms with E-state index in [0.29, 0.717) is 0 Å². The van der Waals surface area contributed by atoms with E-state index >= 15 is 0 Å². The molecule has 1 nitrogen and oxygen atoms in total. The van der Waals surface area contributed by atoms with E-state index in [2.05, 4.69) is 34.6 Å². The molecule has 0 unspecified atom stereocenters. The first-order valence-corrected chi connectivity index (χ1v) is 5.87. The Bertz CT molecular complexity index is 266. The predicted octanol–water partition coefficient (Wildman–Crippen LogP) is 3.58. The number of hydrogen-bond donors (Lipinski definition) is 0. The molecule has 0 spiro atoms. The molecule has 1 aromatic rings. The van der Waals surface area contributed by atoms with Gasteiger partial charge in [0.1, 0.15) is 5.75 Å². The number of allylic oxidation sites excluding steroid dienone is 1. The number of hydrogen-bond acceptors (Lipinski definition) is 1. The topological polar surface area (TPSA) is 9.23 Å². The minimum atomic E-state index is 0.770. The lowest BCUT2D eigenvalue weighted by Gasteiger charge is -2.05. The highest BCUT2D eigenvalue weighted by Gasteiger charge is 1.93. The zero-order chi connectivity index (χ0) is 10.2. The first-order chi connectivity index (χ1) is 6.86. The van der Waals surface area contributed by atoms with Gasteiger partial charge in [-0.05, 0) is 30.5 Å². The van der Waals surface area contributed by atoms with Gasteiger partial charge in [-0.1, -0.05) is 34.1 Å². The SMILES string of the molecule is C=CCc1ccc(OCCCBr)cc1. The van der Waals surface area contributed by atoms with Gasteiger partial charge in [0, 0.05) is 5.33 Å². The molecule has 0 aliphatic rings. The van der Waals surface area contributed by atoms with E-state index in [9.17, 15) is 0 Å². The van der Waals surface area contributed by atoms with Crippen LogP contribution in [0.1, 0.15) is 12.0 Å². The summed E-state index contributed by atoms with van der Waals surface area (Å²) >= 11 is 3.36. The highest BCUT2D eigenvalue weighted by atomic mass is 79.9. The van der Waals surface area contributed by atoms with Crippen LogP contribution in [0.25, 0.3) is 0 Å². The molecular weight excluding hydrogens is 240 g/mol. The second-order valence-electron chi connectivity index (χ2n) is 3.03. The number of ether oxygens (including phenoxy) is 1. The lowest BCUT2D eigenvalue weighted by atomic mass is 10.1. The van der Waals surface area contributed by atoms with Gasteiger partial charge in [0.15, 0.2) is 0 Å². The maximum atomic E-state index is 5.52. The fraction of sp³-hybridized carbons (Fsp3) is 0.333. The summed E-state index contributed by atoms with van der Waals surface area (Å²) in [6.07, 6.45) is 3.86. The van der Waals surface area contributed by atoms with Crippen LogP contribution in [0, 0.1) is 0 Å². The second-order valence-corrected chi connectivity index (χ2v) is 3.82. The monoisotopic (exact) mass is 254 g/mol. The molecule has 1 aromatic carbocycles.